The molecule has 1 saturated heterocycles. The van der Waals surface area contributed by atoms with Crippen LogP contribution in [0.25, 0.3) is 11.5 Å². The fourth-order valence-electron chi connectivity index (χ4n) is 4.69. The minimum absolute atomic E-state index is 0.0709. The maximum Gasteiger partial charge on any atom is 0.226 e. The van der Waals surface area contributed by atoms with Crippen LogP contribution in [0.3, 0.4) is 0 Å². The second-order valence-corrected chi connectivity index (χ2v) is 9.24. The number of benzene rings is 1. The average Bonchev–Trinajstić information content (AvgIpc) is 2.93. The molecule has 2 heterocycles. The van der Waals surface area contributed by atoms with Crippen molar-refractivity contribution in [3.05, 3.63) is 40.7 Å². The molecule has 2 aromatic rings. The van der Waals surface area contributed by atoms with Crippen molar-refractivity contribution >= 4 is 17.5 Å². The lowest BCUT2D eigenvalue weighted by Gasteiger charge is -2.32. The zero-order valence-corrected chi connectivity index (χ0v) is 18.6. The Morgan fingerprint density at radius 1 is 1.20 bits per heavy atom. The largest absolute Gasteiger partial charge is 0.441 e. The van der Waals surface area contributed by atoms with E-state index in [1.807, 2.05) is 31.2 Å². The number of rotatable bonds is 5. The Hall–Kier alpha value is -1.85. The molecule has 2 fully saturated rings. The highest BCUT2D eigenvalue weighted by Gasteiger charge is 2.28. The molecule has 5 nitrogen and oxygen atoms in total. The van der Waals surface area contributed by atoms with Gasteiger partial charge >= 0.3 is 0 Å². The first-order valence-corrected chi connectivity index (χ1v) is 11.7. The number of aromatic nitrogens is 1. The van der Waals surface area contributed by atoms with Crippen LogP contribution in [-0.4, -0.2) is 34.9 Å². The monoisotopic (exact) mass is 429 g/mol. The van der Waals surface area contributed by atoms with Crippen LogP contribution in [0.2, 0.25) is 5.02 Å². The molecule has 0 spiro atoms. The van der Waals surface area contributed by atoms with Gasteiger partial charge in [-0.25, -0.2) is 4.98 Å². The maximum atomic E-state index is 12.9. The van der Waals surface area contributed by atoms with Gasteiger partial charge in [0.25, 0.3) is 0 Å². The lowest BCUT2D eigenvalue weighted by atomic mass is 9.96. The third kappa shape index (κ3) is 5.44. The second kappa shape index (κ2) is 9.97. The third-order valence-corrected chi connectivity index (χ3v) is 6.65. The fourth-order valence-corrected chi connectivity index (χ4v) is 4.88. The number of aryl methyl sites for hydroxylation is 1. The van der Waals surface area contributed by atoms with Gasteiger partial charge < -0.3 is 9.73 Å². The van der Waals surface area contributed by atoms with Crippen molar-refractivity contribution in [1.82, 2.24) is 15.2 Å². The zero-order valence-electron chi connectivity index (χ0n) is 17.8. The predicted octanol–water partition coefficient (Wildman–Crippen LogP) is 5.35. The van der Waals surface area contributed by atoms with E-state index in [9.17, 15) is 4.79 Å². The number of hydrogen-bond donors (Lipinski definition) is 1. The molecule has 0 radical (unpaired) electrons. The Morgan fingerprint density at radius 3 is 2.77 bits per heavy atom. The van der Waals surface area contributed by atoms with Crippen molar-refractivity contribution in [1.29, 1.82) is 0 Å². The van der Waals surface area contributed by atoms with E-state index >= 15 is 0 Å². The van der Waals surface area contributed by atoms with Gasteiger partial charge in [0.05, 0.1) is 11.6 Å². The summed E-state index contributed by atoms with van der Waals surface area (Å²) in [5.74, 6) is 1.74. The minimum atomic E-state index is 0.0709. The lowest BCUT2D eigenvalue weighted by molar-refractivity contribution is -0.127. The molecule has 30 heavy (non-hydrogen) atoms. The molecular formula is C24H32ClN3O2. The Labute approximate surface area is 184 Å². The van der Waals surface area contributed by atoms with E-state index in [0.29, 0.717) is 23.5 Å². The highest BCUT2D eigenvalue weighted by atomic mass is 35.5. The van der Waals surface area contributed by atoms with Crippen LogP contribution in [0.4, 0.5) is 0 Å². The van der Waals surface area contributed by atoms with E-state index in [4.69, 9.17) is 21.0 Å². The molecule has 0 bridgehead atoms. The summed E-state index contributed by atoms with van der Waals surface area (Å²) >= 11 is 6.11. The summed E-state index contributed by atoms with van der Waals surface area (Å²) < 4.78 is 5.91. The van der Waals surface area contributed by atoms with Crippen molar-refractivity contribution < 1.29 is 9.21 Å². The number of hydrogen-bond acceptors (Lipinski definition) is 4. The molecule has 2 aliphatic rings. The van der Waals surface area contributed by atoms with Crippen molar-refractivity contribution in [3.63, 3.8) is 0 Å². The molecule has 1 atom stereocenters. The molecule has 1 amide bonds. The Kier molecular flexibility index (Phi) is 7.11. The van der Waals surface area contributed by atoms with Gasteiger partial charge in [-0.3, -0.25) is 9.69 Å². The van der Waals surface area contributed by atoms with Gasteiger partial charge in [-0.05, 0) is 57.4 Å². The van der Waals surface area contributed by atoms with E-state index in [1.165, 1.54) is 25.7 Å². The molecule has 1 aromatic heterocycles. The summed E-state index contributed by atoms with van der Waals surface area (Å²) in [6.07, 6.45) is 9.36. The third-order valence-electron chi connectivity index (χ3n) is 6.42. The predicted molar refractivity (Wildman–Crippen MR) is 119 cm³/mol. The molecule has 162 valence electrons. The van der Waals surface area contributed by atoms with Crippen LogP contribution in [0, 0.1) is 12.8 Å². The van der Waals surface area contributed by atoms with Crippen LogP contribution in [0.5, 0.6) is 0 Å². The molecule has 1 aliphatic heterocycles. The van der Waals surface area contributed by atoms with E-state index in [2.05, 4.69) is 10.2 Å². The molecule has 4 rings (SSSR count). The van der Waals surface area contributed by atoms with Crippen molar-refractivity contribution in [2.75, 3.05) is 13.1 Å². The van der Waals surface area contributed by atoms with Crippen molar-refractivity contribution in [3.8, 4) is 11.5 Å². The lowest BCUT2D eigenvalue weighted by Crippen LogP contribution is -2.45. The normalized spacial score (nSPS) is 21.3. The first-order chi connectivity index (χ1) is 14.6. The van der Waals surface area contributed by atoms with Crippen LogP contribution >= 0.6 is 11.6 Å². The Morgan fingerprint density at radius 2 is 2.00 bits per heavy atom. The van der Waals surface area contributed by atoms with Gasteiger partial charge in [-0.15, -0.1) is 0 Å². The topological polar surface area (TPSA) is 58.4 Å². The van der Waals surface area contributed by atoms with Crippen LogP contribution in [0.15, 0.2) is 28.7 Å². The summed E-state index contributed by atoms with van der Waals surface area (Å²) in [6, 6.07) is 7.93. The number of nitrogens with one attached hydrogen (secondary N) is 1. The molecular weight excluding hydrogens is 398 g/mol. The smallest absolute Gasteiger partial charge is 0.226 e. The van der Waals surface area contributed by atoms with E-state index in [1.54, 1.807) is 0 Å². The first-order valence-electron chi connectivity index (χ1n) is 11.3. The average molecular weight is 430 g/mol. The van der Waals surface area contributed by atoms with Crippen LogP contribution < -0.4 is 5.32 Å². The van der Waals surface area contributed by atoms with Gasteiger partial charge in [0, 0.05) is 29.7 Å². The van der Waals surface area contributed by atoms with E-state index < -0.39 is 0 Å². The SMILES string of the molecule is Cc1oc(-c2cccc(Cl)c2)nc1CN1CCCC(C(=O)NC2CCCCCC2)C1. The zero-order chi connectivity index (χ0) is 20.9. The Bertz CT molecular complexity index is 858. The number of halogens is 1. The van der Waals surface area contributed by atoms with E-state index in [0.717, 1.165) is 55.8 Å². The molecule has 6 heteroatoms. The van der Waals surface area contributed by atoms with Gasteiger partial charge in [-0.1, -0.05) is 43.4 Å². The van der Waals surface area contributed by atoms with Gasteiger partial charge in [-0.2, -0.15) is 0 Å². The molecule has 1 saturated carbocycles. The summed E-state index contributed by atoms with van der Waals surface area (Å²) in [5.41, 5.74) is 1.82. The highest BCUT2D eigenvalue weighted by molar-refractivity contribution is 6.30. The number of oxazole rings is 1. The molecule has 1 aromatic carbocycles. The summed E-state index contributed by atoms with van der Waals surface area (Å²) in [6.45, 7) is 4.45. The second-order valence-electron chi connectivity index (χ2n) is 8.80. The first kappa shape index (κ1) is 21.4. The molecule has 1 unspecified atom stereocenters. The van der Waals surface area contributed by atoms with Crippen molar-refractivity contribution in [2.24, 2.45) is 5.92 Å². The van der Waals surface area contributed by atoms with Gasteiger partial charge in [0.2, 0.25) is 11.8 Å². The standard InChI is InChI=1S/C24H32ClN3O2/c1-17-22(27-24(30-17)18-8-6-10-20(25)14-18)16-28-13-7-9-19(15-28)23(29)26-21-11-4-2-3-5-12-21/h6,8,10,14,19,21H,2-5,7,9,11-13,15-16H2,1H3,(H,26,29). The fraction of sp³-hybridized carbons (Fsp3) is 0.583. The number of carbonyl (C=O) groups is 1. The quantitative estimate of drug-likeness (QED) is 0.650. The van der Waals surface area contributed by atoms with Crippen LogP contribution in [-0.2, 0) is 11.3 Å². The number of amides is 1. The minimum Gasteiger partial charge on any atom is -0.441 e. The molecule has 1 N–H and O–H groups in total. The number of carbonyl (C=O) groups excluding carboxylic acids is 1. The number of nitrogens with zero attached hydrogens (tertiary/aromatic N) is 2. The Balaban J connectivity index is 1.36. The highest BCUT2D eigenvalue weighted by Crippen LogP contribution is 2.26. The van der Waals surface area contributed by atoms with Crippen molar-refractivity contribution in [2.45, 2.75) is 70.9 Å². The number of piperidine rings is 1. The van der Waals surface area contributed by atoms with Gasteiger partial charge in [0.1, 0.15) is 5.76 Å². The molecule has 1 aliphatic carbocycles. The summed E-state index contributed by atoms with van der Waals surface area (Å²) in [5, 5.41) is 4.01. The maximum absolute atomic E-state index is 12.9. The summed E-state index contributed by atoms with van der Waals surface area (Å²) in [4.78, 5) is 19.9. The van der Waals surface area contributed by atoms with E-state index in [-0.39, 0.29) is 11.8 Å². The summed E-state index contributed by atoms with van der Waals surface area (Å²) in [7, 11) is 0. The number of likely N-dealkylation sites (tertiary alicyclic amines) is 1. The van der Waals surface area contributed by atoms with Crippen LogP contribution in [0.1, 0.15) is 62.8 Å². The van der Waals surface area contributed by atoms with Gasteiger partial charge in [0.15, 0.2) is 0 Å².